The Morgan fingerprint density at radius 3 is 2.82 bits per heavy atom. The van der Waals surface area contributed by atoms with E-state index >= 15 is 0 Å². The first-order valence-electron chi connectivity index (χ1n) is 4.64. The van der Waals surface area contributed by atoms with E-state index in [0.29, 0.717) is 10.7 Å². The molecule has 7 heteroatoms. The monoisotopic (exact) mass is 252 g/mol. The highest BCUT2D eigenvalue weighted by Gasteiger charge is 2.11. The Kier molecular flexibility index (Phi) is 2.88. The minimum atomic E-state index is -0.486. The van der Waals surface area contributed by atoms with Gasteiger partial charge in [-0.05, 0) is 12.1 Å². The third kappa shape index (κ3) is 2.16. The average Bonchev–Trinajstić information content (AvgIpc) is 2.29. The topological polar surface area (TPSA) is 107 Å². The number of hydrogen-bond donors (Lipinski definition) is 3. The van der Waals surface area contributed by atoms with Crippen molar-refractivity contribution in [2.75, 3.05) is 11.5 Å². The predicted molar refractivity (Wildman–Crippen MR) is 65.2 cm³/mol. The molecule has 5 N–H and O–H groups in total. The summed E-state index contributed by atoms with van der Waals surface area (Å²) in [6.07, 6.45) is 1.18. The van der Waals surface area contributed by atoms with Gasteiger partial charge in [0.2, 0.25) is 5.88 Å². The zero-order valence-electron chi connectivity index (χ0n) is 8.61. The van der Waals surface area contributed by atoms with Crippen molar-refractivity contribution < 1.29 is 4.74 Å². The minimum Gasteiger partial charge on any atom is -0.433 e. The summed E-state index contributed by atoms with van der Waals surface area (Å²) in [5, 5.41) is 0.312. The molecule has 17 heavy (non-hydrogen) atoms. The van der Waals surface area contributed by atoms with Crippen molar-refractivity contribution >= 4 is 23.0 Å². The van der Waals surface area contributed by atoms with E-state index < -0.39 is 5.56 Å². The van der Waals surface area contributed by atoms with Crippen LogP contribution in [-0.2, 0) is 0 Å². The number of nitrogens with one attached hydrogen (secondary N) is 1. The lowest BCUT2D eigenvalue weighted by Gasteiger charge is -2.09. The number of ether oxygens (including phenoxy) is 1. The first-order chi connectivity index (χ1) is 8.09. The van der Waals surface area contributed by atoms with Gasteiger partial charge in [-0.15, -0.1) is 0 Å². The van der Waals surface area contributed by atoms with E-state index in [1.54, 1.807) is 18.2 Å². The zero-order valence-corrected chi connectivity index (χ0v) is 9.36. The van der Waals surface area contributed by atoms with Crippen LogP contribution >= 0.6 is 11.6 Å². The maximum atomic E-state index is 11.2. The summed E-state index contributed by atoms with van der Waals surface area (Å²) in [6, 6.07) is 4.90. The third-order valence-electron chi connectivity index (χ3n) is 2.05. The Morgan fingerprint density at radius 1 is 1.35 bits per heavy atom. The smallest absolute Gasteiger partial charge is 0.277 e. The highest BCUT2D eigenvalue weighted by molar-refractivity contribution is 6.32. The van der Waals surface area contributed by atoms with Crippen molar-refractivity contribution in [3.8, 4) is 11.6 Å². The summed E-state index contributed by atoms with van der Waals surface area (Å²) in [4.78, 5) is 17.4. The van der Waals surface area contributed by atoms with Gasteiger partial charge in [0.15, 0.2) is 11.4 Å². The second-order valence-corrected chi connectivity index (χ2v) is 3.62. The minimum absolute atomic E-state index is 0.0337. The molecule has 0 radical (unpaired) electrons. The van der Waals surface area contributed by atoms with E-state index in [9.17, 15) is 4.79 Å². The lowest BCUT2D eigenvalue weighted by atomic mass is 10.3. The van der Waals surface area contributed by atoms with Gasteiger partial charge in [-0.2, -0.15) is 0 Å². The number of nitrogens with two attached hydrogens (primary N) is 2. The maximum Gasteiger partial charge on any atom is 0.277 e. The van der Waals surface area contributed by atoms with Crippen LogP contribution in [-0.4, -0.2) is 9.97 Å². The molecular formula is C10H9ClN4O2. The Bertz CT molecular complexity index is 591. The van der Waals surface area contributed by atoms with E-state index in [-0.39, 0.29) is 17.3 Å². The Labute approximate surface area is 101 Å². The summed E-state index contributed by atoms with van der Waals surface area (Å²) in [6.45, 7) is 0. The maximum absolute atomic E-state index is 11.2. The normalized spacial score (nSPS) is 10.2. The highest BCUT2D eigenvalue weighted by atomic mass is 35.5. The van der Waals surface area contributed by atoms with E-state index in [0.717, 1.165) is 0 Å². The number of hydrogen-bond acceptors (Lipinski definition) is 5. The molecule has 0 spiro atoms. The van der Waals surface area contributed by atoms with Gasteiger partial charge in [0.25, 0.3) is 5.56 Å². The van der Waals surface area contributed by atoms with Gasteiger partial charge in [0.1, 0.15) is 0 Å². The Balaban J connectivity index is 2.45. The largest absolute Gasteiger partial charge is 0.433 e. The number of nitrogens with zero attached hydrogens (tertiary/aromatic N) is 1. The highest BCUT2D eigenvalue weighted by Crippen LogP contribution is 2.34. The first kappa shape index (κ1) is 11.3. The van der Waals surface area contributed by atoms with Crippen molar-refractivity contribution in [1.82, 2.24) is 9.97 Å². The zero-order chi connectivity index (χ0) is 12.4. The van der Waals surface area contributed by atoms with Crippen molar-refractivity contribution in [3.63, 3.8) is 0 Å². The van der Waals surface area contributed by atoms with Crippen molar-refractivity contribution in [2.24, 2.45) is 0 Å². The molecule has 0 amide bonds. The lowest BCUT2D eigenvalue weighted by molar-refractivity contribution is 0.466. The fourth-order valence-electron chi connectivity index (χ4n) is 1.21. The van der Waals surface area contributed by atoms with E-state index in [4.69, 9.17) is 27.8 Å². The average molecular weight is 253 g/mol. The molecule has 1 aromatic heterocycles. The Hall–Kier alpha value is -2.21. The molecule has 2 aromatic rings. The number of para-hydroxylation sites is 1. The molecule has 2 rings (SSSR count). The summed E-state index contributed by atoms with van der Waals surface area (Å²) < 4.78 is 5.34. The number of benzene rings is 1. The van der Waals surface area contributed by atoms with Crippen molar-refractivity contribution in [1.29, 1.82) is 0 Å². The number of aromatic amines is 1. The summed E-state index contributed by atoms with van der Waals surface area (Å²) in [5.74, 6) is 0.188. The number of aromatic nitrogens is 2. The second kappa shape index (κ2) is 4.34. The van der Waals surface area contributed by atoms with Crippen LogP contribution in [0.2, 0.25) is 5.02 Å². The fourth-order valence-corrected chi connectivity index (χ4v) is 1.43. The molecule has 0 fully saturated rings. The molecule has 0 saturated carbocycles. The summed E-state index contributed by atoms with van der Waals surface area (Å²) in [7, 11) is 0. The van der Waals surface area contributed by atoms with E-state index in [2.05, 4.69) is 9.97 Å². The SMILES string of the molecule is Nc1cccc(Cl)c1Oc1nc[nH]c(=O)c1N. The van der Waals surface area contributed by atoms with Crippen LogP contribution in [0.5, 0.6) is 11.6 Å². The number of H-pyrrole nitrogens is 1. The standard InChI is InChI=1S/C10H9ClN4O2/c11-5-2-1-3-6(12)8(5)17-10-7(13)9(16)14-4-15-10/h1-4H,12-13H2,(H,14,15,16). The summed E-state index contributed by atoms with van der Waals surface area (Å²) in [5.41, 5.74) is 10.9. The number of rotatable bonds is 2. The van der Waals surface area contributed by atoms with Crippen LogP contribution in [0, 0.1) is 0 Å². The molecule has 0 unspecified atom stereocenters. The van der Waals surface area contributed by atoms with Crippen LogP contribution in [0.15, 0.2) is 29.3 Å². The molecule has 0 aliphatic carbocycles. The van der Waals surface area contributed by atoms with E-state index in [1.165, 1.54) is 6.33 Å². The fraction of sp³-hybridized carbons (Fsp3) is 0. The van der Waals surface area contributed by atoms with Gasteiger partial charge in [-0.3, -0.25) is 4.79 Å². The van der Waals surface area contributed by atoms with Crippen molar-refractivity contribution in [3.05, 3.63) is 39.9 Å². The van der Waals surface area contributed by atoms with Crippen LogP contribution in [0.1, 0.15) is 0 Å². The third-order valence-corrected chi connectivity index (χ3v) is 2.35. The molecule has 6 nitrogen and oxygen atoms in total. The van der Waals surface area contributed by atoms with E-state index in [1.807, 2.05) is 0 Å². The van der Waals surface area contributed by atoms with Gasteiger partial charge in [-0.25, -0.2) is 4.98 Å². The summed E-state index contributed by atoms with van der Waals surface area (Å²) >= 11 is 5.91. The molecule has 0 atom stereocenters. The van der Waals surface area contributed by atoms with Crippen LogP contribution in [0.3, 0.4) is 0 Å². The molecule has 0 bridgehead atoms. The lowest BCUT2D eigenvalue weighted by Crippen LogP contribution is -2.13. The van der Waals surface area contributed by atoms with Gasteiger partial charge < -0.3 is 21.2 Å². The van der Waals surface area contributed by atoms with Crippen molar-refractivity contribution in [2.45, 2.75) is 0 Å². The number of nitrogen functional groups attached to an aromatic ring is 2. The quantitative estimate of drug-likeness (QED) is 0.700. The molecule has 88 valence electrons. The Morgan fingerprint density at radius 2 is 2.12 bits per heavy atom. The molecule has 0 aliphatic heterocycles. The molecule has 0 saturated heterocycles. The molecule has 0 aliphatic rings. The predicted octanol–water partition coefficient (Wildman–Crippen LogP) is 1.38. The molecule has 1 heterocycles. The van der Waals surface area contributed by atoms with Gasteiger partial charge >= 0.3 is 0 Å². The van der Waals surface area contributed by atoms with Crippen LogP contribution < -0.4 is 21.8 Å². The number of halogens is 1. The molecule has 1 aromatic carbocycles. The number of anilines is 2. The van der Waals surface area contributed by atoms with Gasteiger partial charge in [0, 0.05) is 0 Å². The van der Waals surface area contributed by atoms with Crippen LogP contribution in [0.4, 0.5) is 11.4 Å². The first-order valence-corrected chi connectivity index (χ1v) is 5.02. The molecular weight excluding hydrogens is 244 g/mol. The van der Waals surface area contributed by atoms with Gasteiger partial charge in [0.05, 0.1) is 17.0 Å². The van der Waals surface area contributed by atoms with Gasteiger partial charge in [-0.1, -0.05) is 17.7 Å². The second-order valence-electron chi connectivity index (χ2n) is 3.21. The van der Waals surface area contributed by atoms with Crippen LogP contribution in [0.25, 0.3) is 0 Å².